The molecule has 2 heterocycles. The van der Waals surface area contributed by atoms with Crippen LogP contribution in [0.4, 0.5) is 0 Å². The molecule has 2 aliphatic heterocycles. The van der Waals surface area contributed by atoms with Crippen LogP contribution in [0.15, 0.2) is 18.2 Å². The summed E-state index contributed by atoms with van der Waals surface area (Å²) in [4.78, 5) is 2.54. The molecule has 0 radical (unpaired) electrons. The average molecular weight is 290 g/mol. The maximum absolute atomic E-state index is 5.95. The van der Waals surface area contributed by atoms with Crippen molar-refractivity contribution >= 4 is 0 Å². The largest absolute Gasteiger partial charge is 0.490 e. The van der Waals surface area contributed by atoms with E-state index in [0.717, 1.165) is 44.2 Å². The quantitative estimate of drug-likeness (QED) is 0.930. The van der Waals surface area contributed by atoms with E-state index in [2.05, 4.69) is 24.0 Å². The first kappa shape index (κ1) is 14.7. The summed E-state index contributed by atoms with van der Waals surface area (Å²) < 4.78 is 11.5. The van der Waals surface area contributed by atoms with Crippen LogP contribution in [0.5, 0.6) is 11.5 Å². The Kier molecular flexibility index (Phi) is 4.66. The Morgan fingerprint density at radius 3 is 2.81 bits per heavy atom. The van der Waals surface area contributed by atoms with Gasteiger partial charge >= 0.3 is 0 Å². The summed E-state index contributed by atoms with van der Waals surface area (Å²) in [6, 6.07) is 7.24. The van der Waals surface area contributed by atoms with E-state index >= 15 is 0 Å². The van der Waals surface area contributed by atoms with Gasteiger partial charge in [0.2, 0.25) is 0 Å². The van der Waals surface area contributed by atoms with E-state index < -0.39 is 0 Å². The van der Waals surface area contributed by atoms with Crippen molar-refractivity contribution in [2.45, 2.75) is 44.7 Å². The lowest BCUT2D eigenvalue weighted by molar-refractivity contribution is 0.108. The van der Waals surface area contributed by atoms with E-state index in [4.69, 9.17) is 15.2 Å². The van der Waals surface area contributed by atoms with Crippen LogP contribution in [0, 0.1) is 0 Å². The van der Waals surface area contributed by atoms with E-state index in [1.807, 2.05) is 6.07 Å². The highest BCUT2D eigenvalue weighted by Gasteiger charge is 2.27. The standard InChI is InChI=1S/C17H26N2O2/c1-13(19-8-3-2-5-15(19)12-18)14-6-7-16-17(11-14)21-10-4-9-20-16/h6-7,11,13,15H,2-5,8-10,12,18H2,1H3. The van der Waals surface area contributed by atoms with Crippen molar-refractivity contribution in [1.82, 2.24) is 4.90 Å². The average Bonchev–Trinajstić information content (AvgIpc) is 2.78. The molecule has 1 fully saturated rings. The zero-order valence-corrected chi connectivity index (χ0v) is 12.9. The number of ether oxygens (including phenoxy) is 2. The zero-order valence-electron chi connectivity index (χ0n) is 12.9. The van der Waals surface area contributed by atoms with Gasteiger partial charge in [-0.25, -0.2) is 0 Å². The lowest BCUT2D eigenvalue weighted by Crippen LogP contribution is -2.45. The van der Waals surface area contributed by atoms with Gasteiger partial charge in [0.15, 0.2) is 11.5 Å². The van der Waals surface area contributed by atoms with Crippen molar-refractivity contribution in [3.63, 3.8) is 0 Å². The summed E-state index contributed by atoms with van der Waals surface area (Å²) in [5.41, 5.74) is 7.25. The third-order valence-corrected chi connectivity index (χ3v) is 4.70. The number of rotatable bonds is 3. The van der Waals surface area contributed by atoms with E-state index in [9.17, 15) is 0 Å². The van der Waals surface area contributed by atoms with E-state index in [1.165, 1.54) is 24.8 Å². The van der Waals surface area contributed by atoms with Gasteiger partial charge in [-0.2, -0.15) is 0 Å². The summed E-state index contributed by atoms with van der Waals surface area (Å²) in [6.45, 7) is 5.63. The molecule has 0 saturated carbocycles. The Hall–Kier alpha value is -1.26. The normalized spacial score (nSPS) is 24.4. The number of hydrogen-bond donors (Lipinski definition) is 1. The van der Waals surface area contributed by atoms with Gasteiger partial charge in [-0.15, -0.1) is 0 Å². The molecule has 0 amide bonds. The first-order valence-electron chi connectivity index (χ1n) is 8.15. The minimum Gasteiger partial charge on any atom is -0.490 e. The van der Waals surface area contributed by atoms with Crippen LogP contribution in [-0.4, -0.2) is 37.2 Å². The lowest BCUT2D eigenvalue weighted by Gasteiger charge is -2.39. The van der Waals surface area contributed by atoms with Crippen molar-refractivity contribution in [2.75, 3.05) is 26.3 Å². The monoisotopic (exact) mass is 290 g/mol. The summed E-state index contributed by atoms with van der Waals surface area (Å²) >= 11 is 0. The van der Waals surface area contributed by atoms with Gasteiger partial charge in [-0.05, 0) is 44.0 Å². The molecular weight excluding hydrogens is 264 g/mol. The molecule has 116 valence electrons. The topological polar surface area (TPSA) is 47.7 Å². The first-order valence-corrected chi connectivity index (χ1v) is 8.15. The highest BCUT2D eigenvalue weighted by molar-refractivity contribution is 5.44. The molecule has 0 aromatic heterocycles. The third kappa shape index (κ3) is 3.16. The molecule has 2 aliphatic rings. The molecule has 0 aliphatic carbocycles. The van der Waals surface area contributed by atoms with Crippen LogP contribution in [0.1, 0.15) is 44.2 Å². The van der Waals surface area contributed by atoms with Gasteiger partial charge in [0.05, 0.1) is 13.2 Å². The second-order valence-electron chi connectivity index (χ2n) is 6.06. The van der Waals surface area contributed by atoms with Crippen LogP contribution in [0.3, 0.4) is 0 Å². The van der Waals surface area contributed by atoms with E-state index in [1.54, 1.807) is 0 Å². The maximum atomic E-state index is 5.95. The van der Waals surface area contributed by atoms with Crippen LogP contribution >= 0.6 is 0 Å². The van der Waals surface area contributed by atoms with E-state index in [-0.39, 0.29) is 0 Å². The zero-order chi connectivity index (χ0) is 14.7. The van der Waals surface area contributed by atoms with Crippen molar-refractivity contribution in [2.24, 2.45) is 5.73 Å². The van der Waals surface area contributed by atoms with Gasteiger partial charge in [-0.1, -0.05) is 12.5 Å². The smallest absolute Gasteiger partial charge is 0.161 e. The van der Waals surface area contributed by atoms with Gasteiger partial charge in [-0.3, -0.25) is 4.90 Å². The Morgan fingerprint density at radius 2 is 2.00 bits per heavy atom. The van der Waals surface area contributed by atoms with Crippen molar-refractivity contribution in [1.29, 1.82) is 0 Å². The third-order valence-electron chi connectivity index (χ3n) is 4.70. The summed E-state index contributed by atoms with van der Waals surface area (Å²) in [5.74, 6) is 1.76. The summed E-state index contributed by atoms with van der Waals surface area (Å²) in [6.07, 6.45) is 4.73. The van der Waals surface area contributed by atoms with Crippen molar-refractivity contribution in [3.8, 4) is 11.5 Å². The number of benzene rings is 1. The molecule has 4 nitrogen and oxygen atoms in total. The molecule has 2 atom stereocenters. The fourth-order valence-electron chi connectivity index (χ4n) is 3.42. The lowest BCUT2D eigenvalue weighted by atomic mass is 9.97. The Bertz CT molecular complexity index is 478. The number of likely N-dealkylation sites (tertiary alicyclic amines) is 1. The predicted octanol–water partition coefficient (Wildman–Crippen LogP) is 2.72. The van der Waals surface area contributed by atoms with Gasteiger partial charge in [0.25, 0.3) is 0 Å². The molecule has 4 heteroatoms. The molecule has 1 aromatic rings. The fraction of sp³-hybridized carbons (Fsp3) is 0.647. The predicted molar refractivity (Wildman–Crippen MR) is 83.9 cm³/mol. The highest BCUT2D eigenvalue weighted by Crippen LogP contribution is 2.35. The molecule has 1 saturated heterocycles. The Morgan fingerprint density at radius 1 is 1.19 bits per heavy atom. The van der Waals surface area contributed by atoms with Gasteiger partial charge < -0.3 is 15.2 Å². The minimum absolute atomic E-state index is 0.371. The number of hydrogen-bond acceptors (Lipinski definition) is 4. The van der Waals surface area contributed by atoms with Crippen LogP contribution in [0.25, 0.3) is 0 Å². The fourth-order valence-corrected chi connectivity index (χ4v) is 3.42. The number of piperidine rings is 1. The van der Waals surface area contributed by atoms with E-state index in [0.29, 0.717) is 12.1 Å². The van der Waals surface area contributed by atoms with Crippen LogP contribution < -0.4 is 15.2 Å². The van der Waals surface area contributed by atoms with Crippen molar-refractivity contribution < 1.29 is 9.47 Å². The molecule has 3 rings (SSSR count). The molecule has 21 heavy (non-hydrogen) atoms. The molecule has 2 unspecified atom stereocenters. The second kappa shape index (κ2) is 6.67. The SMILES string of the molecule is CC(c1ccc2c(c1)OCCCO2)N1CCCCC1CN. The maximum Gasteiger partial charge on any atom is 0.161 e. The molecule has 2 N–H and O–H groups in total. The van der Waals surface area contributed by atoms with Crippen LogP contribution in [-0.2, 0) is 0 Å². The molecule has 0 spiro atoms. The second-order valence-corrected chi connectivity index (χ2v) is 6.06. The van der Waals surface area contributed by atoms with Gasteiger partial charge in [0, 0.05) is 25.0 Å². The molecule has 0 bridgehead atoms. The molecule has 1 aromatic carbocycles. The Balaban J connectivity index is 1.80. The first-order chi connectivity index (χ1) is 10.3. The number of nitrogens with zero attached hydrogens (tertiary/aromatic N) is 1. The summed E-state index contributed by atoms with van der Waals surface area (Å²) in [7, 11) is 0. The van der Waals surface area contributed by atoms with Crippen LogP contribution in [0.2, 0.25) is 0 Å². The molecular formula is C17H26N2O2. The Labute approximate surface area is 127 Å². The summed E-state index contributed by atoms with van der Waals surface area (Å²) in [5, 5.41) is 0. The van der Waals surface area contributed by atoms with Crippen molar-refractivity contribution in [3.05, 3.63) is 23.8 Å². The highest BCUT2D eigenvalue weighted by atomic mass is 16.5. The minimum atomic E-state index is 0.371. The van der Waals surface area contributed by atoms with Gasteiger partial charge in [0.1, 0.15) is 0 Å². The number of fused-ring (bicyclic) bond motifs is 1. The number of nitrogens with two attached hydrogens (primary N) is 1.